The van der Waals surface area contributed by atoms with E-state index in [0.29, 0.717) is 13.1 Å². The highest BCUT2D eigenvalue weighted by Gasteiger charge is 2.06. The first-order chi connectivity index (χ1) is 8.22. The normalized spacial score (nSPS) is 11.0. The molecule has 0 unspecified atom stereocenters. The van der Waals surface area contributed by atoms with E-state index < -0.39 is 0 Å². The summed E-state index contributed by atoms with van der Waals surface area (Å²) in [6, 6.07) is 2.11. The van der Waals surface area contributed by atoms with Crippen molar-refractivity contribution in [3.05, 3.63) is 29.6 Å². The predicted molar refractivity (Wildman–Crippen MR) is 64.5 cm³/mol. The quantitative estimate of drug-likeness (QED) is 0.810. The highest BCUT2D eigenvalue weighted by molar-refractivity contribution is 5.10. The van der Waals surface area contributed by atoms with Crippen LogP contribution in [0.25, 0.3) is 0 Å². The zero-order chi connectivity index (χ0) is 12.3. The molecule has 0 fully saturated rings. The van der Waals surface area contributed by atoms with Crippen molar-refractivity contribution in [2.75, 3.05) is 7.05 Å². The molecule has 0 aromatic carbocycles. The van der Waals surface area contributed by atoms with Crippen molar-refractivity contribution in [3.63, 3.8) is 0 Å². The third-order valence-electron chi connectivity index (χ3n) is 2.63. The number of aryl methyl sites for hydroxylation is 2. The Kier molecular flexibility index (Phi) is 3.53. The molecular formula is C11H18N6. The fraction of sp³-hybridized carbons (Fsp3) is 0.545. The summed E-state index contributed by atoms with van der Waals surface area (Å²) in [6.07, 6.45) is 2.71. The first-order valence-electron chi connectivity index (χ1n) is 5.77. The van der Waals surface area contributed by atoms with Crippen molar-refractivity contribution in [2.24, 2.45) is 7.05 Å². The minimum Gasteiger partial charge on any atom is -0.313 e. The Labute approximate surface area is 101 Å². The Bertz CT molecular complexity index is 484. The molecule has 0 amide bonds. The topological polar surface area (TPSA) is 60.6 Å². The Morgan fingerprint density at radius 1 is 1.35 bits per heavy atom. The van der Waals surface area contributed by atoms with Gasteiger partial charge in [0.05, 0.1) is 24.5 Å². The SMILES string of the molecule is CCc1cc(Cn2cnc(CNC)n2)n(C)n1. The summed E-state index contributed by atoms with van der Waals surface area (Å²) >= 11 is 0. The lowest BCUT2D eigenvalue weighted by Gasteiger charge is -2.00. The molecule has 0 spiro atoms. The molecule has 1 N–H and O–H groups in total. The fourth-order valence-corrected chi connectivity index (χ4v) is 1.71. The number of hydrogen-bond donors (Lipinski definition) is 1. The van der Waals surface area contributed by atoms with Crippen molar-refractivity contribution >= 4 is 0 Å². The standard InChI is InChI=1S/C11H18N6/c1-4-9-5-10(16(3)14-9)7-17-8-13-11(15-17)6-12-2/h5,8,12H,4,6-7H2,1-3H3. The van der Waals surface area contributed by atoms with Crippen LogP contribution in [0, 0.1) is 0 Å². The van der Waals surface area contributed by atoms with Gasteiger partial charge in [0.25, 0.3) is 0 Å². The van der Waals surface area contributed by atoms with Crippen molar-refractivity contribution < 1.29 is 0 Å². The molecule has 2 aromatic rings. The van der Waals surface area contributed by atoms with Crippen molar-refractivity contribution in [1.29, 1.82) is 0 Å². The fourth-order valence-electron chi connectivity index (χ4n) is 1.71. The van der Waals surface area contributed by atoms with E-state index >= 15 is 0 Å². The second-order valence-electron chi connectivity index (χ2n) is 3.99. The van der Waals surface area contributed by atoms with Gasteiger partial charge < -0.3 is 5.32 Å². The first-order valence-corrected chi connectivity index (χ1v) is 5.77. The van der Waals surface area contributed by atoms with E-state index in [-0.39, 0.29) is 0 Å². The molecule has 6 heteroatoms. The monoisotopic (exact) mass is 234 g/mol. The molecule has 0 aliphatic rings. The molecule has 0 atom stereocenters. The summed E-state index contributed by atoms with van der Waals surface area (Å²) in [6.45, 7) is 3.51. The van der Waals surface area contributed by atoms with Crippen LogP contribution in [0.4, 0.5) is 0 Å². The lowest BCUT2D eigenvalue weighted by molar-refractivity contribution is 0.607. The molecule has 17 heavy (non-hydrogen) atoms. The van der Waals surface area contributed by atoms with Crippen LogP contribution >= 0.6 is 0 Å². The van der Waals surface area contributed by atoms with Crippen LogP contribution in [0.15, 0.2) is 12.4 Å². The zero-order valence-corrected chi connectivity index (χ0v) is 10.5. The number of nitrogens with zero attached hydrogens (tertiary/aromatic N) is 5. The highest BCUT2D eigenvalue weighted by atomic mass is 15.4. The lowest BCUT2D eigenvalue weighted by Crippen LogP contribution is -2.09. The van der Waals surface area contributed by atoms with Crippen molar-refractivity contribution in [3.8, 4) is 0 Å². The van der Waals surface area contributed by atoms with Gasteiger partial charge in [-0.1, -0.05) is 6.92 Å². The third-order valence-corrected chi connectivity index (χ3v) is 2.63. The van der Waals surface area contributed by atoms with E-state index in [1.165, 1.54) is 0 Å². The van der Waals surface area contributed by atoms with Crippen LogP contribution in [0.3, 0.4) is 0 Å². The summed E-state index contributed by atoms with van der Waals surface area (Å²) in [5.74, 6) is 0.811. The average Bonchev–Trinajstić information content (AvgIpc) is 2.88. The molecule has 92 valence electrons. The van der Waals surface area contributed by atoms with Crippen LogP contribution in [0.2, 0.25) is 0 Å². The van der Waals surface area contributed by atoms with Gasteiger partial charge in [-0.05, 0) is 19.5 Å². The lowest BCUT2D eigenvalue weighted by atomic mass is 10.3. The maximum Gasteiger partial charge on any atom is 0.164 e. The van der Waals surface area contributed by atoms with Crippen molar-refractivity contribution in [2.45, 2.75) is 26.4 Å². The second-order valence-corrected chi connectivity index (χ2v) is 3.99. The number of rotatable bonds is 5. The van der Waals surface area contributed by atoms with E-state index in [2.05, 4.69) is 33.5 Å². The van der Waals surface area contributed by atoms with Gasteiger partial charge in [-0.3, -0.25) is 4.68 Å². The van der Waals surface area contributed by atoms with Gasteiger partial charge in [-0.15, -0.1) is 0 Å². The molecule has 0 saturated heterocycles. The van der Waals surface area contributed by atoms with Crippen LogP contribution in [-0.4, -0.2) is 31.6 Å². The minimum absolute atomic E-state index is 0.693. The zero-order valence-electron chi connectivity index (χ0n) is 10.5. The number of hydrogen-bond acceptors (Lipinski definition) is 4. The summed E-state index contributed by atoms with van der Waals surface area (Å²) in [4.78, 5) is 4.22. The molecule has 0 aliphatic heterocycles. The van der Waals surface area contributed by atoms with Gasteiger partial charge in [0.2, 0.25) is 0 Å². The Morgan fingerprint density at radius 3 is 2.82 bits per heavy atom. The van der Waals surface area contributed by atoms with E-state index in [4.69, 9.17) is 0 Å². The van der Waals surface area contributed by atoms with Gasteiger partial charge in [0, 0.05) is 7.05 Å². The van der Waals surface area contributed by atoms with E-state index in [9.17, 15) is 0 Å². The van der Waals surface area contributed by atoms with Crippen LogP contribution in [0.1, 0.15) is 24.1 Å². The third kappa shape index (κ3) is 2.71. The van der Waals surface area contributed by atoms with E-state index in [1.54, 1.807) is 6.33 Å². The minimum atomic E-state index is 0.693. The van der Waals surface area contributed by atoms with E-state index in [0.717, 1.165) is 23.6 Å². The Morgan fingerprint density at radius 2 is 2.18 bits per heavy atom. The number of nitrogens with one attached hydrogen (secondary N) is 1. The molecule has 2 aromatic heterocycles. The average molecular weight is 234 g/mol. The molecular weight excluding hydrogens is 216 g/mol. The number of aromatic nitrogens is 5. The summed E-state index contributed by atoms with van der Waals surface area (Å²) in [5.41, 5.74) is 2.25. The van der Waals surface area contributed by atoms with Crippen LogP contribution in [0.5, 0.6) is 0 Å². The molecule has 0 aliphatic carbocycles. The maximum absolute atomic E-state index is 4.41. The maximum atomic E-state index is 4.41. The highest BCUT2D eigenvalue weighted by Crippen LogP contribution is 2.05. The molecule has 2 rings (SSSR count). The smallest absolute Gasteiger partial charge is 0.164 e. The van der Waals surface area contributed by atoms with E-state index in [1.807, 2.05) is 23.5 Å². The van der Waals surface area contributed by atoms with Gasteiger partial charge in [-0.2, -0.15) is 10.2 Å². The molecule has 0 radical (unpaired) electrons. The summed E-state index contributed by atoms with van der Waals surface area (Å²) in [7, 11) is 3.84. The second kappa shape index (κ2) is 5.09. The Hall–Kier alpha value is -1.69. The molecule has 6 nitrogen and oxygen atoms in total. The van der Waals surface area contributed by atoms with Gasteiger partial charge in [0.1, 0.15) is 6.33 Å². The van der Waals surface area contributed by atoms with Gasteiger partial charge in [0.15, 0.2) is 5.82 Å². The van der Waals surface area contributed by atoms with Gasteiger partial charge in [-0.25, -0.2) is 9.67 Å². The molecule has 0 saturated carbocycles. The van der Waals surface area contributed by atoms with Crippen LogP contribution in [-0.2, 0) is 26.6 Å². The van der Waals surface area contributed by atoms with Gasteiger partial charge >= 0.3 is 0 Å². The summed E-state index contributed by atoms with van der Waals surface area (Å²) < 4.78 is 3.74. The largest absolute Gasteiger partial charge is 0.313 e. The van der Waals surface area contributed by atoms with Crippen molar-refractivity contribution in [1.82, 2.24) is 29.9 Å². The molecule has 2 heterocycles. The first kappa shape index (κ1) is 11.8. The molecule has 0 bridgehead atoms. The predicted octanol–water partition coefficient (Wildman–Crippen LogP) is 0.342. The summed E-state index contributed by atoms with van der Waals surface area (Å²) in [5, 5.41) is 11.8. The van der Waals surface area contributed by atoms with Crippen LogP contribution < -0.4 is 5.32 Å². The Balaban J connectivity index is 2.10.